The van der Waals surface area contributed by atoms with Gasteiger partial charge in [0.1, 0.15) is 23.9 Å². The van der Waals surface area contributed by atoms with Gasteiger partial charge in [-0.05, 0) is 55.0 Å². The number of hydrogen-bond acceptors (Lipinski definition) is 7. The van der Waals surface area contributed by atoms with Gasteiger partial charge in [0, 0.05) is 12.8 Å². The third-order valence-corrected chi connectivity index (χ3v) is 6.51. The normalized spacial score (nSPS) is 14.0. The van der Waals surface area contributed by atoms with Crippen molar-refractivity contribution in [2.24, 2.45) is 17.4 Å². The number of carbonyl (C=O) groups is 4. The highest BCUT2D eigenvalue weighted by atomic mass is 16.4. The Morgan fingerprint density at radius 3 is 1.75 bits per heavy atom. The Hall–Kier alpha value is -3.96. The Labute approximate surface area is 234 Å². The van der Waals surface area contributed by atoms with Gasteiger partial charge >= 0.3 is 5.97 Å². The third kappa shape index (κ3) is 10.7. The third-order valence-electron chi connectivity index (χ3n) is 6.51. The molecule has 11 nitrogen and oxygen atoms in total. The van der Waals surface area contributed by atoms with E-state index in [4.69, 9.17) is 11.5 Å². The highest BCUT2D eigenvalue weighted by molar-refractivity contribution is 5.94. The molecule has 0 aliphatic heterocycles. The van der Waals surface area contributed by atoms with E-state index in [2.05, 4.69) is 16.0 Å². The molecule has 2 aromatic carbocycles. The number of amides is 3. The Kier molecular flexibility index (Phi) is 13.1. The summed E-state index contributed by atoms with van der Waals surface area (Å²) in [5, 5.41) is 27.2. The number of nitrogens with one attached hydrogen (secondary N) is 3. The molecule has 0 aliphatic carbocycles. The summed E-state index contributed by atoms with van der Waals surface area (Å²) in [5.74, 6) is -3.13. The Balaban J connectivity index is 2.30. The first kappa shape index (κ1) is 32.3. The molecule has 218 valence electrons. The van der Waals surface area contributed by atoms with Gasteiger partial charge in [0.05, 0.1) is 6.04 Å². The number of carboxylic acid groups (broad SMARTS) is 1. The summed E-state index contributed by atoms with van der Waals surface area (Å²) in [6.45, 7) is 3.97. The van der Waals surface area contributed by atoms with Crippen LogP contribution in [0.5, 0.6) is 5.75 Å². The largest absolute Gasteiger partial charge is 0.508 e. The molecular weight excluding hydrogens is 514 g/mol. The van der Waals surface area contributed by atoms with Gasteiger partial charge in [0.25, 0.3) is 0 Å². The molecule has 0 aliphatic rings. The molecule has 0 heterocycles. The SMILES string of the molecule is CC(C)C(N)C(=O)NC(Cc1ccc(O)cc1)C(=O)NC(Cc1ccccc1)C(=O)NC(CCCCN)C(=O)O. The summed E-state index contributed by atoms with van der Waals surface area (Å²) in [6.07, 6.45) is 1.48. The zero-order chi connectivity index (χ0) is 29.7. The van der Waals surface area contributed by atoms with Crippen LogP contribution in [0, 0.1) is 5.92 Å². The van der Waals surface area contributed by atoms with Crippen molar-refractivity contribution in [3.8, 4) is 5.75 Å². The van der Waals surface area contributed by atoms with Gasteiger partial charge in [-0.25, -0.2) is 4.79 Å². The van der Waals surface area contributed by atoms with Crippen LogP contribution in [-0.4, -0.2) is 64.6 Å². The van der Waals surface area contributed by atoms with E-state index < -0.39 is 47.9 Å². The minimum Gasteiger partial charge on any atom is -0.508 e. The van der Waals surface area contributed by atoms with E-state index in [0.717, 1.165) is 5.56 Å². The molecule has 0 saturated heterocycles. The summed E-state index contributed by atoms with van der Waals surface area (Å²) in [5.41, 5.74) is 12.9. The minimum atomic E-state index is -1.18. The number of hydrogen-bond donors (Lipinski definition) is 7. The molecule has 0 aromatic heterocycles. The molecule has 40 heavy (non-hydrogen) atoms. The standard InChI is InChI=1S/C29H41N5O6/c1-18(2)25(31)28(38)34-24(17-20-11-13-21(35)14-12-20)27(37)33-23(16-19-8-4-3-5-9-19)26(36)32-22(29(39)40)10-6-7-15-30/h3-5,8-9,11-14,18,22-25,35H,6-7,10,15-17,30-31H2,1-2H3,(H,32,36)(H,33,37)(H,34,38)(H,39,40). The molecule has 0 saturated carbocycles. The van der Waals surface area contributed by atoms with Crippen LogP contribution in [0.3, 0.4) is 0 Å². The average molecular weight is 556 g/mol. The predicted molar refractivity (Wildman–Crippen MR) is 151 cm³/mol. The molecule has 2 aromatic rings. The van der Waals surface area contributed by atoms with Gasteiger partial charge in [-0.3, -0.25) is 14.4 Å². The number of phenolic OH excluding ortho intramolecular Hbond substituents is 1. The number of aromatic hydroxyl groups is 1. The van der Waals surface area contributed by atoms with Crippen LogP contribution in [-0.2, 0) is 32.0 Å². The predicted octanol–water partition coefficient (Wildman–Crippen LogP) is 0.829. The lowest BCUT2D eigenvalue weighted by molar-refractivity contribution is -0.142. The lowest BCUT2D eigenvalue weighted by atomic mass is 10.00. The second-order valence-corrected chi connectivity index (χ2v) is 10.1. The number of nitrogens with two attached hydrogens (primary N) is 2. The molecule has 0 fully saturated rings. The van der Waals surface area contributed by atoms with Crippen LogP contribution in [0.2, 0.25) is 0 Å². The zero-order valence-electron chi connectivity index (χ0n) is 23.0. The smallest absolute Gasteiger partial charge is 0.326 e. The molecule has 4 atom stereocenters. The molecule has 2 rings (SSSR count). The van der Waals surface area contributed by atoms with Crippen molar-refractivity contribution in [3.63, 3.8) is 0 Å². The monoisotopic (exact) mass is 555 g/mol. The number of benzene rings is 2. The molecule has 3 amide bonds. The molecule has 0 radical (unpaired) electrons. The van der Waals surface area contributed by atoms with Crippen LogP contribution in [0.1, 0.15) is 44.2 Å². The lowest BCUT2D eigenvalue weighted by Crippen LogP contribution is -2.58. The fourth-order valence-electron chi connectivity index (χ4n) is 4.00. The van der Waals surface area contributed by atoms with Crippen LogP contribution >= 0.6 is 0 Å². The van der Waals surface area contributed by atoms with Crippen molar-refractivity contribution < 1.29 is 29.4 Å². The summed E-state index contributed by atoms with van der Waals surface area (Å²) in [6, 6.07) is 10.9. The molecule has 0 spiro atoms. The summed E-state index contributed by atoms with van der Waals surface area (Å²) in [7, 11) is 0. The van der Waals surface area contributed by atoms with E-state index in [9.17, 15) is 29.4 Å². The van der Waals surface area contributed by atoms with Crippen molar-refractivity contribution >= 4 is 23.7 Å². The molecule has 11 heteroatoms. The number of carbonyl (C=O) groups excluding carboxylic acids is 3. The van der Waals surface area contributed by atoms with E-state index in [1.807, 2.05) is 6.07 Å². The van der Waals surface area contributed by atoms with E-state index in [1.165, 1.54) is 12.1 Å². The molecule has 0 bridgehead atoms. The van der Waals surface area contributed by atoms with Gasteiger partial charge in [0.15, 0.2) is 0 Å². The maximum Gasteiger partial charge on any atom is 0.326 e. The molecular formula is C29H41N5O6. The zero-order valence-corrected chi connectivity index (χ0v) is 23.0. The van der Waals surface area contributed by atoms with Gasteiger partial charge in [-0.1, -0.05) is 56.3 Å². The van der Waals surface area contributed by atoms with Gasteiger partial charge in [0.2, 0.25) is 17.7 Å². The van der Waals surface area contributed by atoms with E-state index in [-0.39, 0.29) is 30.9 Å². The van der Waals surface area contributed by atoms with E-state index in [0.29, 0.717) is 24.9 Å². The van der Waals surface area contributed by atoms with Gasteiger partial charge in [-0.2, -0.15) is 0 Å². The van der Waals surface area contributed by atoms with Crippen LogP contribution in [0.4, 0.5) is 0 Å². The highest BCUT2D eigenvalue weighted by Gasteiger charge is 2.31. The molecule has 9 N–H and O–H groups in total. The summed E-state index contributed by atoms with van der Waals surface area (Å²) < 4.78 is 0. The van der Waals surface area contributed by atoms with Crippen LogP contribution in [0.15, 0.2) is 54.6 Å². The quantitative estimate of drug-likeness (QED) is 0.148. The summed E-state index contributed by atoms with van der Waals surface area (Å²) in [4.78, 5) is 51.5. The molecule has 4 unspecified atom stereocenters. The number of phenols is 1. The van der Waals surface area contributed by atoms with Crippen molar-refractivity contribution in [3.05, 3.63) is 65.7 Å². The van der Waals surface area contributed by atoms with Crippen molar-refractivity contribution in [1.82, 2.24) is 16.0 Å². The maximum absolute atomic E-state index is 13.6. The van der Waals surface area contributed by atoms with Crippen molar-refractivity contribution in [2.75, 3.05) is 6.54 Å². The average Bonchev–Trinajstić information content (AvgIpc) is 2.92. The number of carboxylic acids is 1. The van der Waals surface area contributed by atoms with Crippen LogP contribution in [0.25, 0.3) is 0 Å². The highest BCUT2D eigenvalue weighted by Crippen LogP contribution is 2.13. The number of unbranched alkanes of at least 4 members (excludes halogenated alkanes) is 1. The maximum atomic E-state index is 13.6. The van der Waals surface area contributed by atoms with Crippen LogP contribution < -0.4 is 27.4 Å². The Morgan fingerprint density at radius 1 is 0.750 bits per heavy atom. The fourth-order valence-corrected chi connectivity index (χ4v) is 4.00. The first-order valence-corrected chi connectivity index (χ1v) is 13.4. The second kappa shape index (κ2) is 16.2. The lowest BCUT2D eigenvalue weighted by Gasteiger charge is -2.26. The van der Waals surface area contributed by atoms with Crippen molar-refractivity contribution in [2.45, 2.75) is 70.1 Å². The van der Waals surface area contributed by atoms with Gasteiger partial charge < -0.3 is 37.6 Å². The Bertz CT molecular complexity index is 1110. The van der Waals surface area contributed by atoms with E-state index in [1.54, 1.807) is 50.2 Å². The van der Waals surface area contributed by atoms with Crippen molar-refractivity contribution in [1.29, 1.82) is 0 Å². The Morgan fingerprint density at radius 2 is 1.25 bits per heavy atom. The first-order chi connectivity index (χ1) is 19.0. The second-order valence-electron chi connectivity index (χ2n) is 10.1. The number of rotatable bonds is 16. The van der Waals surface area contributed by atoms with E-state index >= 15 is 0 Å². The topological polar surface area (TPSA) is 197 Å². The summed E-state index contributed by atoms with van der Waals surface area (Å²) >= 11 is 0. The first-order valence-electron chi connectivity index (χ1n) is 13.4. The number of aliphatic carboxylic acids is 1. The van der Waals surface area contributed by atoms with Gasteiger partial charge in [-0.15, -0.1) is 0 Å². The fraction of sp³-hybridized carbons (Fsp3) is 0.448. The minimum absolute atomic E-state index is 0.0506.